The highest BCUT2D eigenvalue weighted by Gasteiger charge is 2.19. The van der Waals surface area contributed by atoms with Crippen molar-refractivity contribution in [2.24, 2.45) is 10.4 Å². The van der Waals surface area contributed by atoms with Crippen LogP contribution in [0, 0.1) is 5.41 Å². The zero-order valence-electron chi connectivity index (χ0n) is 17.3. The summed E-state index contributed by atoms with van der Waals surface area (Å²) in [6.07, 6.45) is 7.40. The Kier molecular flexibility index (Phi) is 13.3. The second kappa shape index (κ2) is 13.6. The number of nitrogens with zero attached hydrogens (tertiary/aromatic N) is 2. The molecule has 1 saturated heterocycles. The summed E-state index contributed by atoms with van der Waals surface area (Å²) in [6.45, 7) is 9.35. The van der Waals surface area contributed by atoms with Gasteiger partial charge in [-0.2, -0.15) is 0 Å². The van der Waals surface area contributed by atoms with Crippen molar-refractivity contribution < 1.29 is 9.53 Å². The number of nitrogens with one attached hydrogen (secondary N) is 2. The summed E-state index contributed by atoms with van der Waals surface area (Å²) >= 11 is 0. The van der Waals surface area contributed by atoms with E-state index in [9.17, 15) is 4.79 Å². The van der Waals surface area contributed by atoms with Gasteiger partial charge in [0.2, 0.25) is 5.91 Å². The van der Waals surface area contributed by atoms with E-state index in [1.165, 1.54) is 25.7 Å². The molecule has 1 unspecified atom stereocenters. The molecule has 1 amide bonds. The minimum atomic E-state index is 0. The van der Waals surface area contributed by atoms with Crippen LogP contribution >= 0.6 is 24.0 Å². The molecule has 1 aliphatic heterocycles. The molecule has 0 radical (unpaired) electrons. The first kappa shape index (κ1) is 25.4. The van der Waals surface area contributed by atoms with Gasteiger partial charge >= 0.3 is 0 Å². The highest BCUT2D eigenvalue weighted by atomic mass is 127. The Bertz CT molecular complexity index is 422. The van der Waals surface area contributed by atoms with Gasteiger partial charge in [0.05, 0.1) is 6.10 Å². The van der Waals surface area contributed by atoms with E-state index < -0.39 is 0 Å². The summed E-state index contributed by atoms with van der Waals surface area (Å²) in [6, 6.07) is 0. The van der Waals surface area contributed by atoms with Gasteiger partial charge in [0.15, 0.2) is 5.96 Å². The molecule has 0 aromatic rings. The zero-order valence-corrected chi connectivity index (χ0v) is 19.6. The average molecular weight is 482 g/mol. The Labute approximate surface area is 176 Å². The second-order valence-corrected chi connectivity index (χ2v) is 7.94. The summed E-state index contributed by atoms with van der Waals surface area (Å²) < 4.78 is 5.66. The third-order valence-electron chi connectivity index (χ3n) is 4.58. The van der Waals surface area contributed by atoms with Gasteiger partial charge in [-0.05, 0) is 24.7 Å². The van der Waals surface area contributed by atoms with Crippen LogP contribution in [0.1, 0.15) is 59.3 Å². The van der Waals surface area contributed by atoms with Crippen molar-refractivity contribution in [3.05, 3.63) is 0 Å². The van der Waals surface area contributed by atoms with Gasteiger partial charge in [-0.1, -0.05) is 40.0 Å². The largest absolute Gasteiger partial charge is 0.376 e. The Morgan fingerprint density at radius 3 is 2.58 bits per heavy atom. The molecule has 0 spiro atoms. The Hall–Kier alpha value is -0.570. The molecule has 1 aliphatic rings. The predicted octanol–water partition coefficient (Wildman–Crippen LogP) is 3.01. The topological polar surface area (TPSA) is 66.0 Å². The van der Waals surface area contributed by atoms with Crippen LogP contribution < -0.4 is 10.6 Å². The first-order valence-electron chi connectivity index (χ1n) is 9.68. The zero-order chi connectivity index (χ0) is 18.7. The normalized spacial score (nSPS) is 17.6. The molecule has 26 heavy (non-hydrogen) atoms. The molecule has 6 nitrogen and oxygen atoms in total. The van der Waals surface area contributed by atoms with Crippen LogP contribution in [0.3, 0.4) is 0 Å². The standard InChI is InChI=1S/C19H38N4O2.HI/c1-6-7-8-11-19(2,3)15-22-18(21-14-17(24)23(4)5)20-13-16-10-9-12-25-16;/h16H,6-15H2,1-5H3,(H2,20,21,22);1H. The fourth-order valence-electron chi connectivity index (χ4n) is 2.74. The van der Waals surface area contributed by atoms with Gasteiger partial charge in [-0.15, -0.1) is 24.0 Å². The van der Waals surface area contributed by atoms with Crippen molar-refractivity contribution in [2.75, 3.05) is 40.3 Å². The van der Waals surface area contributed by atoms with Crippen molar-refractivity contribution >= 4 is 35.8 Å². The molecular weight excluding hydrogens is 443 g/mol. The van der Waals surface area contributed by atoms with Crippen LogP contribution in [0.2, 0.25) is 0 Å². The van der Waals surface area contributed by atoms with Crippen molar-refractivity contribution in [1.82, 2.24) is 15.5 Å². The predicted molar refractivity (Wildman–Crippen MR) is 119 cm³/mol. The first-order valence-corrected chi connectivity index (χ1v) is 9.68. The number of halogens is 1. The fraction of sp³-hybridized carbons (Fsp3) is 0.895. The number of hydrogen-bond donors (Lipinski definition) is 2. The van der Waals surface area contributed by atoms with Crippen LogP contribution in [0.15, 0.2) is 4.99 Å². The number of likely N-dealkylation sites (N-methyl/N-ethyl adjacent to an activating group) is 1. The number of rotatable bonds is 10. The highest BCUT2D eigenvalue weighted by molar-refractivity contribution is 14.0. The molecule has 154 valence electrons. The monoisotopic (exact) mass is 482 g/mol. The molecule has 2 N–H and O–H groups in total. The molecule has 7 heteroatoms. The van der Waals surface area contributed by atoms with Crippen molar-refractivity contribution in [3.8, 4) is 0 Å². The number of ether oxygens (including phenoxy) is 1. The summed E-state index contributed by atoms with van der Waals surface area (Å²) in [7, 11) is 3.50. The van der Waals surface area contributed by atoms with E-state index in [1.807, 2.05) is 0 Å². The fourth-order valence-corrected chi connectivity index (χ4v) is 2.74. The molecule has 0 bridgehead atoms. The molecule has 1 fully saturated rings. The molecule has 1 heterocycles. The Morgan fingerprint density at radius 1 is 1.27 bits per heavy atom. The lowest BCUT2D eigenvalue weighted by Crippen LogP contribution is -2.45. The van der Waals surface area contributed by atoms with E-state index in [4.69, 9.17) is 4.74 Å². The summed E-state index contributed by atoms with van der Waals surface area (Å²) in [5.41, 5.74) is 0.201. The number of carbonyl (C=O) groups excluding carboxylic acids is 1. The maximum absolute atomic E-state index is 11.8. The van der Waals surface area contributed by atoms with Gasteiger partial charge in [0.25, 0.3) is 0 Å². The lowest BCUT2D eigenvalue weighted by Gasteiger charge is -2.26. The van der Waals surface area contributed by atoms with Crippen LogP contribution in [0.25, 0.3) is 0 Å². The van der Waals surface area contributed by atoms with Crippen LogP contribution in [0.5, 0.6) is 0 Å². The third-order valence-corrected chi connectivity index (χ3v) is 4.58. The van der Waals surface area contributed by atoms with Gasteiger partial charge in [-0.25, -0.2) is 4.99 Å². The third kappa shape index (κ3) is 11.2. The number of carbonyl (C=O) groups is 1. The highest BCUT2D eigenvalue weighted by Crippen LogP contribution is 2.22. The van der Waals surface area contributed by atoms with E-state index >= 15 is 0 Å². The Morgan fingerprint density at radius 2 is 2.00 bits per heavy atom. The lowest BCUT2D eigenvalue weighted by atomic mass is 9.87. The molecule has 1 atom stereocenters. The number of aliphatic imine (C=N–C) groups is 1. The molecule has 1 rings (SSSR count). The van der Waals surface area contributed by atoms with Gasteiger partial charge in [0.1, 0.15) is 6.54 Å². The van der Waals surface area contributed by atoms with Crippen molar-refractivity contribution in [2.45, 2.75) is 65.4 Å². The summed E-state index contributed by atoms with van der Waals surface area (Å²) in [4.78, 5) is 17.8. The smallest absolute Gasteiger partial charge is 0.243 e. The van der Waals surface area contributed by atoms with E-state index in [2.05, 4.69) is 36.4 Å². The van der Waals surface area contributed by atoms with E-state index in [1.54, 1.807) is 19.0 Å². The van der Waals surface area contributed by atoms with Crippen LogP contribution in [-0.2, 0) is 9.53 Å². The quantitative estimate of drug-likeness (QED) is 0.218. The molecule has 0 aromatic heterocycles. The maximum atomic E-state index is 11.8. The van der Waals surface area contributed by atoms with Crippen molar-refractivity contribution in [3.63, 3.8) is 0 Å². The van der Waals surface area contributed by atoms with Crippen LogP contribution in [0.4, 0.5) is 0 Å². The summed E-state index contributed by atoms with van der Waals surface area (Å²) in [5, 5.41) is 6.76. The number of guanidine groups is 1. The van der Waals surface area contributed by atoms with Gasteiger partial charge in [0, 0.05) is 33.8 Å². The SMILES string of the molecule is CCCCCC(C)(C)CNC(=NCC(=O)N(C)C)NCC1CCCO1.I. The molecular formula is C19H39IN4O2. The summed E-state index contributed by atoms with van der Waals surface area (Å²) in [5.74, 6) is 0.703. The molecule has 0 saturated carbocycles. The van der Waals surface area contributed by atoms with Crippen molar-refractivity contribution in [1.29, 1.82) is 0 Å². The molecule has 0 aliphatic carbocycles. The second-order valence-electron chi connectivity index (χ2n) is 7.94. The lowest BCUT2D eigenvalue weighted by molar-refractivity contribution is -0.127. The van der Waals surface area contributed by atoms with E-state index in [0.717, 1.165) is 32.5 Å². The number of hydrogen-bond acceptors (Lipinski definition) is 3. The van der Waals surface area contributed by atoms with Gasteiger partial charge < -0.3 is 20.3 Å². The molecule has 0 aromatic carbocycles. The maximum Gasteiger partial charge on any atom is 0.243 e. The first-order chi connectivity index (χ1) is 11.8. The minimum Gasteiger partial charge on any atom is -0.376 e. The number of amides is 1. The van der Waals surface area contributed by atoms with Gasteiger partial charge in [-0.3, -0.25) is 4.79 Å². The van der Waals surface area contributed by atoms with E-state index in [0.29, 0.717) is 5.96 Å². The van der Waals surface area contributed by atoms with E-state index in [-0.39, 0.29) is 47.9 Å². The van der Waals surface area contributed by atoms with Crippen LogP contribution in [-0.4, -0.2) is 63.2 Å². The average Bonchev–Trinajstić information content (AvgIpc) is 3.07. The Balaban J connectivity index is 0.00000625. The minimum absolute atomic E-state index is 0. The number of unbranched alkanes of at least 4 members (excludes halogenated alkanes) is 2.